The van der Waals surface area contributed by atoms with E-state index in [4.69, 9.17) is 11.1 Å². The number of hydrogen-bond donors (Lipinski definition) is 0. The third-order valence-corrected chi connectivity index (χ3v) is 0. The summed E-state index contributed by atoms with van der Waals surface area (Å²) in [5, 5.41) is 0. The minimum atomic E-state index is 0. The van der Waals surface area contributed by atoms with E-state index in [0.717, 1.165) is 0 Å². The normalized spacial score (nSPS) is 1.60. The summed E-state index contributed by atoms with van der Waals surface area (Å²) >= 11 is 0. The second-order valence-corrected chi connectivity index (χ2v) is 0.0894. The van der Waals surface area contributed by atoms with Gasteiger partial charge in [-0.2, -0.15) is 0 Å². The van der Waals surface area contributed by atoms with Gasteiger partial charge in [-0.25, -0.2) is 0 Å². The third kappa shape index (κ3) is 43.1. The molecule has 0 aromatic heterocycles. The Morgan fingerprint density at radius 1 is 1.20 bits per heavy atom. The maximum absolute atomic E-state index is 6.75. The SMILES string of the molecule is [I-].[N-]=[N+]=[N-].[Na+]. The molecule has 0 saturated carbocycles. The van der Waals surface area contributed by atoms with Crippen LogP contribution in [0.3, 0.4) is 0 Å². The molecule has 5 heavy (non-hydrogen) atoms. The van der Waals surface area contributed by atoms with Crippen molar-refractivity contribution in [1.29, 1.82) is 0 Å². The third-order valence-electron chi connectivity index (χ3n) is 0. The molecule has 0 aliphatic carbocycles. The van der Waals surface area contributed by atoms with Crippen LogP contribution in [0.4, 0.5) is 0 Å². The number of nitrogens with zero attached hydrogens (tertiary/aromatic N) is 3. The van der Waals surface area contributed by atoms with E-state index in [1.165, 1.54) is 4.91 Å². The summed E-state index contributed by atoms with van der Waals surface area (Å²) in [5.74, 6) is 0. The first kappa shape index (κ1) is 16.6. The van der Waals surface area contributed by atoms with Crippen LogP contribution in [0.5, 0.6) is 0 Å². The summed E-state index contributed by atoms with van der Waals surface area (Å²) < 4.78 is 0. The van der Waals surface area contributed by atoms with Gasteiger partial charge in [0, 0.05) is 0 Å². The number of hydrogen-bond acceptors (Lipinski definition) is 0. The molecule has 0 aliphatic rings. The molecule has 0 bridgehead atoms. The fraction of sp³-hybridized carbons (Fsp3) is 0. The maximum atomic E-state index is 6.75. The van der Waals surface area contributed by atoms with E-state index in [2.05, 4.69) is 0 Å². The Kier molecular flexibility index (Phi) is 65.6. The monoisotopic (exact) mass is 192 g/mol. The van der Waals surface area contributed by atoms with E-state index in [9.17, 15) is 0 Å². The van der Waals surface area contributed by atoms with E-state index < -0.39 is 0 Å². The molecule has 0 heterocycles. The zero-order chi connectivity index (χ0) is 2.71. The molecule has 0 spiro atoms. The molecule has 0 aliphatic heterocycles. The Bertz CT molecular complexity index is 27.9. The molecular weight excluding hydrogens is 192 g/mol. The van der Waals surface area contributed by atoms with Gasteiger partial charge in [-0.3, -0.25) is 4.91 Å². The minimum Gasteiger partial charge on any atom is -1.00 e. The second kappa shape index (κ2) is 19.8. The van der Waals surface area contributed by atoms with Crippen molar-refractivity contribution in [2.75, 3.05) is 0 Å². The summed E-state index contributed by atoms with van der Waals surface area (Å²) in [5.41, 5.74) is 13.5. The molecule has 24 valence electrons. The molecule has 0 aromatic rings. The van der Waals surface area contributed by atoms with Crippen molar-refractivity contribution >= 4 is 0 Å². The van der Waals surface area contributed by atoms with Crippen LogP contribution in [0.25, 0.3) is 16.0 Å². The molecule has 0 saturated heterocycles. The van der Waals surface area contributed by atoms with Gasteiger partial charge in [-0.05, 0) is 0 Å². The van der Waals surface area contributed by atoms with Gasteiger partial charge in [0.25, 0.3) is 0 Å². The molecule has 0 atom stereocenters. The van der Waals surface area contributed by atoms with Gasteiger partial charge in [-0.15, -0.1) is 0 Å². The molecule has 0 rings (SSSR count). The van der Waals surface area contributed by atoms with Crippen LogP contribution in [-0.4, -0.2) is 0 Å². The molecule has 0 fully saturated rings. The topological polar surface area (TPSA) is 58.7 Å². The Hall–Kier alpha value is 1.04. The Labute approximate surface area is 68.9 Å². The Balaban J connectivity index is -0.0000000200. The number of rotatable bonds is 0. The minimum absolute atomic E-state index is 0. The zero-order valence-corrected chi connectivity index (χ0v) is 6.88. The molecule has 0 aromatic carbocycles. The fourth-order valence-corrected chi connectivity index (χ4v) is 0. The molecule has 0 unspecified atom stereocenters. The van der Waals surface area contributed by atoms with E-state index in [1.807, 2.05) is 0 Å². The molecule has 3 nitrogen and oxygen atoms in total. The van der Waals surface area contributed by atoms with E-state index in [0.29, 0.717) is 0 Å². The predicted octanol–water partition coefficient (Wildman–Crippen LogP) is -5.13. The summed E-state index contributed by atoms with van der Waals surface area (Å²) in [6.07, 6.45) is 0. The molecular formula is IN3Na-. The quantitative estimate of drug-likeness (QED) is 0.121. The van der Waals surface area contributed by atoms with Gasteiger partial charge in [-0.1, -0.05) is 0 Å². The predicted molar refractivity (Wildman–Crippen MR) is 10.1 cm³/mol. The molecule has 5 heteroatoms. The van der Waals surface area contributed by atoms with Gasteiger partial charge in [0.2, 0.25) is 0 Å². The van der Waals surface area contributed by atoms with E-state index in [1.54, 1.807) is 0 Å². The van der Waals surface area contributed by atoms with Gasteiger partial charge >= 0.3 is 29.6 Å². The van der Waals surface area contributed by atoms with Crippen molar-refractivity contribution in [2.24, 2.45) is 0 Å². The van der Waals surface area contributed by atoms with Crippen LogP contribution >= 0.6 is 0 Å². The zero-order valence-electron chi connectivity index (χ0n) is 2.72. The first-order valence-corrected chi connectivity index (χ1v) is 0.400. The van der Waals surface area contributed by atoms with Crippen molar-refractivity contribution < 1.29 is 53.5 Å². The van der Waals surface area contributed by atoms with Crippen molar-refractivity contribution in [3.05, 3.63) is 16.0 Å². The molecule has 0 radical (unpaired) electrons. The summed E-state index contributed by atoms with van der Waals surface area (Å²) in [4.78, 5) is 1.50. The molecule has 0 N–H and O–H groups in total. The van der Waals surface area contributed by atoms with Gasteiger partial charge in [0.15, 0.2) is 0 Å². The first-order valence-electron chi connectivity index (χ1n) is 0.400. The van der Waals surface area contributed by atoms with Crippen LogP contribution in [0.2, 0.25) is 0 Å². The van der Waals surface area contributed by atoms with Crippen molar-refractivity contribution in [1.82, 2.24) is 0 Å². The van der Waals surface area contributed by atoms with Crippen molar-refractivity contribution in [3.63, 3.8) is 0 Å². The Morgan fingerprint density at radius 3 is 1.20 bits per heavy atom. The smallest absolute Gasteiger partial charge is 1.00 e. The van der Waals surface area contributed by atoms with Crippen molar-refractivity contribution in [3.8, 4) is 0 Å². The average molecular weight is 192 g/mol. The van der Waals surface area contributed by atoms with E-state index >= 15 is 0 Å². The largest absolute Gasteiger partial charge is 1.00 e. The standard InChI is InChI=1S/HI.N3.Na/c;1-3-2;/h1H;;/q;-1;+1/p-1. The van der Waals surface area contributed by atoms with Crippen LogP contribution in [0, 0.1) is 0 Å². The van der Waals surface area contributed by atoms with Crippen LogP contribution < -0.4 is 53.5 Å². The second-order valence-electron chi connectivity index (χ2n) is 0.0894. The number of halogens is 1. The summed E-state index contributed by atoms with van der Waals surface area (Å²) in [6.45, 7) is 0. The molecule has 0 amide bonds. The van der Waals surface area contributed by atoms with Gasteiger partial charge < -0.3 is 35.0 Å². The summed E-state index contributed by atoms with van der Waals surface area (Å²) in [7, 11) is 0. The fourth-order valence-electron chi connectivity index (χ4n) is 0. The van der Waals surface area contributed by atoms with Crippen molar-refractivity contribution in [2.45, 2.75) is 0 Å². The van der Waals surface area contributed by atoms with Crippen LogP contribution in [0.1, 0.15) is 0 Å². The Morgan fingerprint density at radius 2 is 1.20 bits per heavy atom. The first-order chi connectivity index (χ1) is 1.41. The van der Waals surface area contributed by atoms with E-state index in [-0.39, 0.29) is 53.5 Å². The summed E-state index contributed by atoms with van der Waals surface area (Å²) in [6, 6.07) is 0. The van der Waals surface area contributed by atoms with Gasteiger partial charge in [0.1, 0.15) is 0 Å². The van der Waals surface area contributed by atoms with Crippen LogP contribution in [0.15, 0.2) is 0 Å². The average Bonchev–Trinajstić information content (AvgIpc) is 0.918. The maximum Gasteiger partial charge on any atom is 1.00 e. The van der Waals surface area contributed by atoms with Gasteiger partial charge in [0.05, 0.1) is 0 Å². The van der Waals surface area contributed by atoms with Crippen LogP contribution in [-0.2, 0) is 0 Å².